The van der Waals surface area contributed by atoms with E-state index in [2.05, 4.69) is 6.92 Å². The Morgan fingerprint density at radius 1 is 0.786 bits per heavy atom. The van der Waals surface area contributed by atoms with Crippen molar-refractivity contribution in [1.82, 2.24) is 0 Å². The van der Waals surface area contributed by atoms with Gasteiger partial charge in [-0.1, -0.05) is 69.5 Å². The molecule has 6 heteroatoms. The van der Waals surface area contributed by atoms with Crippen molar-refractivity contribution in [2.75, 3.05) is 0 Å². The Bertz CT molecular complexity index is 606. The summed E-state index contributed by atoms with van der Waals surface area (Å²) in [5.41, 5.74) is 0.662. The van der Waals surface area contributed by atoms with Crippen LogP contribution < -0.4 is 0 Å². The molecule has 0 spiro atoms. The number of aliphatic hydroxyl groups is 2. The number of carbonyl (C=O) groups is 2. The number of hydrogen-bond donors (Lipinski definition) is 4. The molecule has 1 atom stereocenters. The average Bonchev–Trinajstić information content (AvgIpc) is 2.70. The van der Waals surface area contributed by atoms with Crippen LogP contribution in [0, 0.1) is 5.92 Å². The molecule has 2 rings (SSSR count). The van der Waals surface area contributed by atoms with Crippen LogP contribution in [-0.4, -0.2) is 38.7 Å². The number of hydrogen-bond acceptors (Lipinski definition) is 4. The first kappa shape index (κ1) is 25.3. The minimum Gasteiger partial charge on any atom is -0.478 e. The molecule has 0 fully saturated rings. The van der Waals surface area contributed by atoms with Crippen LogP contribution in [-0.2, 0) is 0 Å². The molecule has 0 amide bonds. The van der Waals surface area contributed by atoms with Crippen LogP contribution in [0.25, 0.3) is 0 Å². The molecule has 0 saturated carbocycles. The summed E-state index contributed by atoms with van der Waals surface area (Å²) in [7, 11) is 0. The van der Waals surface area contributed by atoms with Gasteiger partial charge in [-0.2, -0.15) is 0 Å². The predicted octanol–water partition coefficient (Wildman–Crippen LogP) is 4.28. The maximum absolute atomic E-state index is 10.2. The first-order chi connectivity index (χ1) is 13.3. The molecule has 2 aromatic rings. The molecule has 0 radical (unpaired) electrons. The van der Waals surface area contributed by atoms with Crippen molar-refractivity contribution in [2.45, 2.75) is 45.8 Å². The summed E-state index contributed by atoms with van der Waals surface area (Å²) in [6, 6.07) is 16.6. The van der Waals surface area contributed by atoms with E-state index in [-0.39, 0.29) is 5.92 Å². The van der Waals surface area contributed by atoms with Crippen LogP contribution in [0.5, 0.6) is 0 Å². The van der Waals surface area contributed by atoms with Crippen molar-refractivity contribution in [3.05, 3.63) is 71.8 Å². The van der Waals surface area contributed by atoms with E-state index in [4.69, 9.17) is 20.4 Å². The zero-order valence-electron chi connectivity index (χ0n) is 16.4. The van der Waals surface area contributed by atoms with Crippen LogP contribution >= 0.6 is 0 Å². The van der Waals surface area contributed by atoms with E-state index >= 15 is 0 Å². The first-order valence-corrected chi connectivity index (χ1v) is 9.22. The molecule has 0 heterocycles. The fraction of sp³-hybridized carbons (Fsp3) is 0.364. The molecule has 4 N–H and O–H groups in total. The highest BCUT2D eigenvalue weighted by molar-refractivity contribution is 5.87. The second kappa shape index (κ2) is 15.4. The number of carboxylic acid groups (broad SMARTS) is 2. The summed E-state index contributed by atoms with van der Waals surface area (Å²) in [6.45, 7) is 4.00. The summed E-state index contributed by atoms with van der Waals surface area (Å²) in [5, 5.41) is 34.1. The lowest BCUT2D eigenvalue weighted by Crippen LogP contribution is -2.15. The molecule has 0 aromatic heterocycles. The Morgan fingerprint density at radius 3 is 1.43 bits per heavy atom. The van der Waals surface area contributed by atoms with Crippen LogP contribution in [0.3, 0.4) is 0 Å². The van der Waals surface area contributed by atoms with Gasteiger partial charge in [0.15, 0.2) is 6.29 Å². The Labute approximate surface area is 166 Å². The van der Waals surface area contributed by atoms with E-state index < -0.39 is 18.2 Å². The topological polar surface area (TPSA) is 115 Å². The third kappa shape index (κ3) is 12.6. The van der Waals surface area contributed by atoms with E-state index in [1.807, 2.05) is 6.92 Å². The van der Waals surface area contributed by atoms with E-state index in [1.165, 1.54) is 12.8 Å². The highest BCUT2D eigenvalue weighted by Crippen LogP contribution is 2.11. The van der Waals surface area contributed by atoms with Gasteiger partial charge in [-0.15, -0.1) is 0 Å². The van der Waals surface area contributed by atoms with Crippen molar-refractivity contribution in [3.8, 4) is 0 Å². The number of unbranched alkanes of at least 4 members (excludes halogenated alkanes) is 2. The second-order valence-electron chi connectivity index (χ2n) is 6.23. The molecular formula is C22H30O6. The van der Waals surface area contributed by atoms with Gasteiger partial charge in [0.25, 0.3) is 0 Å². The van der Waals surface area contributed by atoms with Gasteiger partial charge < -0.3 is 20.4 Å². The summed E-state index contributed by atoms with van der Waals surface area (Å²) in [6.07, 6.45) is 3.28. The number of aliphatic hydroxyl groups excluding tert-OH is 1. The van der Waals surface area contributed by atoms with E-state index in [1.54, 1.807) is 60.7 Å². The fourth-order valence-electron chi connectivity index (χ4n) is 2.03. The lowest BCUT2D eigenvalue weighted by atomic mass is 10.0. The fourth-order valence-corrected chi connectivity index (χ4v) is 2.03. The minimum absolute atomic E-state index is 0.0338. The van der Waals surface area contributed by atoms with E-state index in [0.29, 0.717) is 11.1 Å². The van der Waals surface area contributed by atoms with Crippen molar-refractivity contribution in [2.24, 2.45) is 5.92 Å². The van der Waals surface area contributed by atoms with E-state index in [0.717, 1.165) is 12.8 Å². The van der Waals surface area contributed by atoms with Gasteiger partial charge in [-0.3, -0.25) is 0 Å². The SMILES string of the molecule is CCCCCC(C)C(O)O.O=C(O)c1ccccc1.O=C(O)c1ccccc1. The first-order valence-electron chi connectivity index (χ1n) is 9.22. The largest absolute Gasteiger partial charge is 0.478 e. The monoisotopic (exact) mass is 390 g/mol. The van der Waals surface area contributed by atoms with Gasteiger partial charge in [-0.05, 0) is 30.7 Å². The minimum atomic E-state index is -1.13. The zero-order valence-corrected chi connectivity index (χ0v) is 16.4. The van der Waals surface area contributed by atoms with Crippen LogP contribution in [0.4, 0.5) is 0 Å². The normalized spacial score (nSPS) is 10.8. The van der Waals surface area contributed by atoms with Gasteiger partial charge in [0.1, 0.15) is 0 Å². The molecule has 0 aliphatic heterocycles. The lowest BCUT2D eigenvalue weighted by Gasteiger charge is -2.11. The Morgan fingerprint density at radius 2 is 1.18 bits per heavy atom. The third-order valence-corrected chi connectivity index (χ3v) is 3.81. The van der Waals surface area contributed by atoms with Gasteiger partial charge >= 0.3 is 11.9 Å². The number of aromatic carboxylic acids is 2. The molecule has 28 heavy (non-hydrogen) atoms. The number of carboxylic acids is 2. The second-order valence-corrected chi connectivity index (χ2v) is 6.23. The summed E-state index contributed by atoms with van der Waals surface area (Å²) in [4.78, 5) is 20.4. The van der Waals surface area contributed by atoms with Crippen molar-refractivity contribution in [3.63, 3.8) is 0 Å². The van der Waals surface area contributed by atoms with Crippen LogP contribution in [0.15, 0.2) is 60.7 Å². The molecule has 6 nitrogen and oxygen atoms in total. The third-order valence-electron chi connectivity index (χ3n) is 3.81. The van der Waals surface area contributed by atoms with Crippen molar-refractivity contribution in [1.29, 1.82) is 0 Å². The van der Waals surface area contributed by atoms with Crippen LogP contribution in [0.1, 0.15) is 60.2 Å². The van der Waals surface area contributed by atoms with Gasteiger partial charge in [-0.25, -0.2) is 9.59 Å². The predicted molar refractivity (Wildman–Crippen MR) is 108 cm³/mol. The molecule has 1 unspecified atom stereocenters. The summed E-state index contributed by atoms with van der Waals surface area (Å²) >= 11 is 0. The maximum Gasteiger partial charge on any atom is 0.335 e. The average molecular weight is 390 g/mol. The van der Waals surface area contributed by atoms with Gasteiger partial charge in [0, 0.05) is 5.92 Å². The lowest BCUT2D eigenvalue weighted by molar-refractivity contribution is -0.0808. The summed E-state index contributed by atoms with van der Waals surface area (Å²) < 4.78 is 0. The quantitative estimate of drug-likeness (QED) is 0.414. The van der Waals surface area contributed by atoms with E-state index in [9.17, 15) is 9.59 Å². The molecule has 0 bridgehead atoms. The highest BCUT2D eigenvalue weighted by Gasteiger charge is 2.08. The molecule has 2 aromatic carbocycles. The van der Waals surface area contributed by atoms with Gasteiger partial charge in [0.2, 0.25) is 0 Å². The van der Waals surface area contributed by atoms with Crippen molar-refractivity contribution < 1.29 is 30.0 Å². The van der Waals surface area contributed by atoms with Crippen LogP contribution in [0.2, 0.25) is 0 Å². The zero-order chi connectivity index (χ0) is 21.4. The molecular weight excluding hydrogens is 360 g/mol. The summed E-state index contributed by atoms with van der Waals surface area (Å²) in [5.74, 6) is -1.72. The smallest absolute Gasteiger partial charge is 0.335 e. The van der Waals surface area contributed by atoms with Crippen molar-refractivity contribution >= 4 is 11.9 Å². The number of rotatable bonds is 7. The molecule has 0 aliphatic rings. The Kier molecular flexibility index (Phi) is 13.9. The highest BCUT2D eigenvalue weighted by atomic mass is 16.5. The van der Waals surface area contributed by atoms with Gasteiger partial charge in [0.05, 0.1) is 11.1 Å². The molecule has 0 saturated heterocycles. The number of benzene rings is 2. The standard InChI is InChI=1S/C8H18O2.2C7H6O2/c1-3-4-5-6-7(2)8(9)10;2*8-7(9)6-4-2-1-3-5-6/h7-10H,3-6H2,1-2H3;2*1-5H,(H,8,9). The Balaban J connectivity index is 0.000000391. The molecule has 0 aliphatic carbocycles. The molecule has 154 valence electrons. The maximum atomic E-state index is 10.2. The Hall–Kier alpha value is -2.70.